The van der Waals surface area contributed by atoms with Crippen LogP contribution in [0.25, 0.3) is 0 Å². The smallest absolute Gasteiger partial charge is 0.108 e. The summed E-state index contributed by atoms with van der Waals surface area (Å²) in [5.41, 5.74) is 11.2. The van der Waals surface area contributed by atoms with E-state index in [1.807, 2.05) is 62.2 Å². The monoisotopic (exact) mass is 270 g/mol. The van der Waals surface area contributed by atoms with E-state index in [0.29, 0.717) is 0 Å². The Hall–Kier alpha value is -2.36. The fourth-order valence-electron chi connectivity index (χ4n) is 2.17. The molecule has 2 aromatic rings. The average Bonchev–Trinajstić information content (AvgIpc) is 3.07. The minimum absolute atomic E-state index is 1.12. The second-order valence-corrected chi connectivity index (χ2v) is 3.88. The van der Waals surface area contributed by atoms with Crippen LogP contribution >= 0.6 is 0 Å². The van der Waals surface area contributed by atoms with Crippen LogP contribution in [0.5, 0.6) is 0 Å². The van der Waals surface area contributed by atoms with Crippen LogP contribution in [0.2, 0.25) is 0 Å². The molecular weight excluding hydrogens is 248 g/mol. The average molecular weight is 270 g/mol. The van der Waals surface area contributed by atoms with Gasteiger partial charge in [-0.15, -0.1) is 0 Å². The predicted molar refractivity (Wildman–Crippen MR) is 87.8 cm³/mol. The summed E-state index contributed by atoms with van der Waals surface area (Å²) in [5, 5.41) is 4.03. The maximum Gasteiger partial charge on any atom is 0.108 e. The Morgan fingerprint density at radius 3 is 1.35 bits per heavy atom. The number of nitrogens with zero attached hydrogens (tertiary/aromatic N) is 2. The fourth-order valence-corrected chi connectivity index (χ4v) is 2.17. The molecule has 0 spiro atoms. The van der Waals surface area contributed by atoms with Gasteiger partial charge < -0.3 is 0 Å². The maximum absolute atomic E-state index is 3.35. The molecule has 2 heterocycles. The highest BCUT2D eigenvalue weighted by Crippen LogP contribution is 2.43. The number of nitrogens with one attached hydrogen (secondary N) is 2. The molecule has 0 atom stereocenters. The van der Waals surface area contributed by atoms with Crippen LogP contribution in [0.15, 0.2) is 48.5 Å². The highest BCUT2D eigenvalue weighted by Gasteiger charge is 2.33. The molecule has 0 saturated carbocycles. The number of para-hydroxylation sites is 4. The molecule has 0 saturated heterocycles. The van der Waals surface area contributed by atoms with Crippen LogP contribution in [-0.2, 0) is 0 Å². The lowest BCUT2D eigenvalue weighted by molar-refractivity contribution is 0.955. The summed E-state index contributed by atoms with van der Waals surface area (Å²) in [7, 11) is 0. The van der Waals surface area contributed by atoms with E-state index in [0.717, 1.165) is 22.7 Å². The second-order valence-electron chi connectivity index (χ2n) is 3.88. The Bertz CT molecular complexity index is 516. The third-order valence-electron chi connectivity index (χ3n) is 2.92. The van der Waals surface area contributed by atoms with Crippen molar-refractivity contribution in [1.29, 1.82) is 0 Å². The third-order valence-corrected chi connectivity index (χ3v) is 2.92. The van der Waals surface area contributed by atoms with Crippen LogP contribution in [-0.4, -0.2) is 0 Å². The highest BCUT2D eigenvalue weighted by molar-refractivity contribution is 5.90. The number of fused-ring (bicyclic) bond motifs is 5. The maximum atomic E-state index is 3.35. The molecule has 20 heavy (non-hydrogen) atoms. The van der Waals surface area contributed by atoms with Crippen molar-refractivity contribution in [1.82, 2.24) is 0 Å². The molecule has 2 aliphatic rings. The predicted octanol–water partition coefficient (Wildman–Crippen LogP) is 4.65. The molecule has 4 rings (SSSR count). The molecule has 0 aromatic heterocycles. The van der Waals surface area contributed by atoms with Crippen LogP contribution in [0, 0.1) is 0 Å². The Morgan fingerprint density at radius 1 is 0.600 bits per heavy atom. The third kappa shape index (κ3) is 2.13. The number of hydrogen-bond donors (Lipinski definition) is 2. The zero-order valence-corrected chi connectivity index (χ0v) is 12.5. The summed E-state index contributed by atoms with van der Waals surface area (Å²) < 4.78 is 0. The first kappa shape index (κ1) is 14.1. The lowest BCUT2D eigenvalue weighted by Gasteiger charge is -2.21. The minimum atomic E-state index is 1.12. The van der Waals surface area contributed by atoms with Crippen molar-refractivity contribution in [2.45, 2.75) is 27.7 Å². The van der Waals surface area contributed by atoms with Crippen molar-refractivity contribution in [3.8, 4) is 0 Å². The van der Waals surface area contributed by atoms with Gasteiger partial charge in [-0.3, -0.25) is 10.9 Å². The molecular formula is C16H22N4. The summed E-state index contributed by atoms with van der Waals surface area (Å²) in [6, 6.07) is 16.4. The first-order valence-electron chi connectivity index (χ1n) is 7.25. The first-order valence-corrected chi connectivity index (χ1v) is 7.25. The zero-order chi connectivity index (χ0) is 14.5. The molecule has 0 bridgehead atoms. The summed E-state index contributed by atoms with van der Waals surface area (Å²) in [6.45, 7) is 8.00. The van der Waals surface area contributed by atoms with Crippen molar-refractivity contribution >= 4 is 22.7 Å². The summed E-state index contributed by atoms with van der Waals surface area (Å²) in [6.07, 6.45) is 0. The Kier molecular flexibility index (Phi) is 4.35. The summed E-state index contributed by atoms with van der Waals surface area (Å²) in [4.78, 5) is 0. The van der Waals surface area contributed by atoms with Gasteiger partial charge in [-0.2, -0.15) is 10.2 Å². The van der Waals surface area contributed by atoms with E-state index in [1.165, 1.54) is 0 Å². The van der Waals surface area contributed by atoms with Gasteiger partial charge in [0.05, 0.1) is 11.4 Å². The van der Waals surface area contributed by atoms with E-state index in [2.05, 4.69) is 35.1 Å². The number of hydrazine groups is 3. The van der Waals surface area contributed by atoms with Gasteiger partial charge >= 0.3 is 0 Å². The molecule has 0 aliphatic carbocycles. The van der Waals surface area contributed by atoms with Crippen molar-refractivity contribution in [2.75, 3.05) is 21.1 Å². The number of rotatable bonds is 0. The molecule has 0 unspecified atom stereocenters. The molecule has 2 aromatic carbocycles. The van der Waals surface area contributed by atoms with E-state index in [1.54, 1.807) is 0 Å². The quantitative estimate of drug-likeness (QED) is 0.729. The molecule has 0 fully saturated rings. The molecule has 4 heteroatoms. The molecule has 4 nitrogen and oxygen atoms in total. The standard InChI is InChI=1S/C12H10N4.2C2H6/c1-3-7-11-9(5-1)13-16-12-8-4-2-6-10(12)14-15(11)16;2*1-2/h1-8,13-14H;2*1-2H3. The molecule has 2 N–H and O–H groups in total. The van der Waals surface area contributed by atoms with Gasteiger partial charge in [-0.05, 0) is 24.3 Å². The van der Waals surface area contributed by atoms with Gasteiger partial charge in [0.2, 0.25) is 0 Å². The Balaban J connectivity index is 0.000000340. The van der Waals surface area contributed by atoms with Gasteiger partial charge in [-0.1, -0.05) is 52.0 Å². The molecule has 2 aliphatic heterocycles. The summed E-state index contributed by atoms with van der Waals surface area (Å²) >= 11 is 0. The number of anilines is 4. The van der Waals surface area contributed by atoms with Crippen molar-refractivity contribution in [3.63, 3.8) is 0 Å². The topological polar surface area (TPSA) is 30.5 Å². The van der Waals surface area contributed by atoms with Gasteiger partial charge in [0, 0.05) is 0 Å². The summed E-state index contributed by atoms with van der Waals surface area (Å²) in [5.74, 6) is 0. The largest absolute Gasteiger partial charge is 0.276 e. The van der Waals surface area contributed by atoms with Crippen molar-refractivity contribution in [2.24, 2.45) is 0 Å². The zero-order valence-electron chi connectivity index (χ0n) is 12.5. The second kappa shape index (κ2) is 6.19. The van der Waals surface area contributed by atoms with E-state index in [4.69, 9.17) is 0 Å². The van der Waals surface area contributed by atoms with E-state index in [-0.39, 0.29) is 0 Å². The lowest BCUT2D eigenvalue weighted by atomic mass is 10.3. The van der Waals surface area contributed by atoms with E-state index >= 15 is 0 Å². The lowest BCUT2D eigenvalue weighted by Crippen LogP contribution is -2.39. The molecule has 0 radical (unpaired) electrons. The Labute approximate surface area is 120 Å². The minimum Gasteiger partial charge on any atom is -0.276 e. The first-order chi connectivity index (χ1) is 9.93. The molecule has 0 amide bonds. The van der Waals surface area contributed by atoms with Crippen LogP contribution < -0.4 is 21.1 Å². The molecule has 106 valence electrons. The van der Waals surface area contributed by atoms with Gasteiger partial charge in [0.15, 0.2) is 0 Å². The van der Waals surface area contributed by atoms with Gasteiger partial charge in [0.1, 0.15) is 11.4 Å². The highest BCUT2D eigenvalue weighted by atomic mass is 16.0. The number of hydrogen-bond acceptors (Lipinski definition) is 4. The Morgan fingerprint density at radius 2 is 0.950 bits per heavy atom. The van der Waals surface area contributed by atoms with Gasteiger partial charge in [0.25, 0.3) is 0 Å². The van der Waals surface area contributed by atoms with E-state index in [9.17, 15) is 0 Å². The number of benzene rings is 2. The SMILES string of the molecule is CC.CC.c1ccc2c(c1)NN1c3ccccc3NN21. The van der Waals surface area contributed by atoms with Crippen LogP contribution in [0.1, 0.15) is 27.7 Å². The van der Waals surface area contributed by atoms with Crippen LogP contribution in [0.4, 0.5) is 22.7 Å². The van der Waals surface area contributed by atoms with Crippen LogP contribution in [0.3, 0.4) is 0 Å². The van der Waals surface area contributed by atoms with Crippen molar-refractivity contribution < 1.29 is 0 Å². The van der Waals surface area contributed by atoms with Crippen molar-refractivity contribution in [3.05, 3.63) is 48.5 Å². The van der Waals surface area contributed by atoms with E-state index < -0.39 is 0 Å². The normalized spacial score (nSPS) is 12.6. The fraction of sp³-hybridized carbons (Fsp3) is 0.250. The van der Waals surface area contributed by atoms with Gasteiger partial charge in [-0.25, -0.2) is 0 Å².